The monoisotopic (exact) mass is 437 g/mol. The third-order valence-corrected chi connectivity index (χ3v) is 4.50. The van der Waals surface area contributed by atoms with Gasteiger partial charge in [-0.15, -0.1) is 0 Å². The van der Waals surface area contributed by atoms with Crippen LogP contribution in [0.2, 0.25) is 0 Å². The van der Waals surface area contributed by atoms with Crippen LogP contribution in [0.15, 0.2) is 30.3 Å². The Morgan fingerprint density at radius 2 is 1.48 bits per heavy atom. The van der Waals surface area contributed by atoms with Gasteiger partial charge >= 0.3 is 5.97 Å². The van der Waals surface area contributed by atoms with Gasteiger partial charge in [0.1, 0.15) is 18.1 Å². The fourth-order valence-electron chi connectivity index (χ4n) is 2.80. The summed E-state index contributed by atoms with van der Waals surface area (Å²) in [6.07, 6.45) is 1.37. The average Bonchev–Trinajstić information content (AvgIpc) is 2.76. The van der Waals surface area contributed by atoms with Crippen LogP contribution >= 0.6 is 0 Å². The Bertz CT molecular complexity index is 730. The molecule has 0 fully saturated rings. The quantitative estimate of drug-likeness (QED) is 0.160. The van der Waals surface area contributed by atoms with Crippen LogP contribution in [-0.2, 0) is 25.6 Å². The van der Waals surface area contributed by atoms with Crippen LogP contribution in [0.3, 0.4) is 0 Å². The molecular weight excluding hydrogens is 406 g/mol. The van der Waals surface area contributed by atoms with E-state index in [4.69, 9.17) is 11.5 Å². The third-order valence-electron chi connectivity index (χ3n) is 4.50. The number of carboxylic acids is 1. The van der Waals surface area contributed by atoms with Crippen molar-refractivity contribution >= 4 is 23.7 Å². The lowest BCUT2D eigenvalue weighted by Crippen LogP contribution is -2.57. The molecule has 0 saturated carbocycles. The SMILES string of the molecule is NCCCCC(NC(=O)C(CO)NC(=O)CN)C(=O)NC(Cc1ccccc1)C(=O)O. The first-order chi connectivity index (χ1) is 14.8. The Kier molecular flexibility index (Phi) is 11.8. The van der Waals surface area contributed by atoms with Gasteiger partial charge in [0, 0.05) is 6.42 Å². The molecule has 11 heteroatoms. The highest BCUT2D eigenvalue weighted by molar-refractivity contribution is 5.93. The van der Waals surface area contributed by atoms with Crippen molar-refractivity contribution in [2.45, 2.75) is 43.8 Å². The molecular formula is C20H31N5O6. The van der Waals surface area contributed by atoms with Crippen LogP contribution in [0.1, 0.15) is 24.8 Å². The van der Waals surface area contributed by atoms with Crippen molar-refractivity contribution in [1.29, 1.82) is 0 Å². The average molecular weight is 437 g/mol. The molecule has 3 atom stereocenters. The smallest absolute Gasteiger partial charge is 0.326 e. The number of aliphatic carboxylic acids is 1. The fraction of sp³-hybridized carbons (Fsp3) is 0.500. The number of carbonyl (C=O) groups is 4. The van der Waals surface area contributed by atoms with Gasteiger partial charge in [0.15, 0.2) is 0 Å². The number of carboxylic acid groups (broad SMARTS) is 1. The van der Waals surface area contributed by atoms with Crippen molar-refractivity contribution in [1.82, 2.24) is 16.0 Å². The van der Waals surface area contributed by atoms with Crippen molar-refractivity contribution in [2.75, 3.05) is 19.7 Å². The highest BCUT2D eigenvalue weighted by Gasteiger charge is 2.29. The minimum atomic E-state index is -1.29. The number of unbranched alkanes of at least 4 members (excludes halogenated alkanes) is 1. The summed E-state index contributed by atoms with van der Waals surface area (Å²) in [5, 5.41) is 26.0. The number of aliphatic hydroxyl groups is 1. The minimum absolute atomic E-state index is 0.0667. The first-order valence-electron chi connectivity index (χ1n) is 10.00. The summed E-state index contributed by atoms with van der Waals surface area (Å²) in [6.45, 7) is -0.676. The lowest BCUT2D eigenvalue weighted by Gasteiger charge is -2.24. The number of hydrogen-bond donors (Lipinski definition) is 7. The lowest BCUT2D eigenvalue weighted by atomic mass is 10.0. The first-order valence-corrected chi connectivity index (χ1v) is 10.00. The molecule has 9 N–H and O–H groups in total. The molecule has 0 spiro atoms. The van der Waals surface area contributed by atoms with Gasteiger partial charge in [0.25, 0.3) is 0 Å². The number of aliphatic hydroxyl groups excluding tert-OH is 1. The zero-order valence-electron chi connectivity index (χ0n) is 17.3. The van der Waals surface area contributed by atoms with E-state index in [-0.39, 0.29) is 19.4 Å². The van der Waals surface area contributed by atoms with Gasteiger partial charge in [-0.25, -0.2) is 4.79 Å². The summed E-state index contributed by atoms with van der Waals surface area (Å²) in [5.41, 5.74) is 11.4. The highest BCUT2D eigenvalue weighted by Crippen LogP contribution is 2.06. The summed E-state index contributed by atoms with van der Waals surface area (Å²) in [5.74, 6) is -3.33. The second-order valence-corrected chi connectivity index (χ2v) is 6.94. The molecule has 1 aromatic rings. The summed E-state index contributed by atoms with van der Waals surface area (Å²) in [7, 11) is 0. The normalized spacial score (nSPS) is 13.5. The molecule has 3 amide bonds. The molecule has 1 rings (SSSR count). The van der Waals surface area contributed by atoms with Gasteiger partial charge in [-0.05, 0) is 31.4 Å². The van der Waals surface area contributed by atoms with E-state index in [9.17, 15) is 29.4 Å². The van der Waals surface area contributed by atoms with Gasteiger partial charge in [0.05, 0.1) is 13.2 Å². The second-order valence-electron chi connectivity index (χ2n) is 6.94. The van der Waals surface area contributed by atoms with E-state index in [0.717, 1.165) is 5.56 Å². The Morgan fingerprint density at radius 1 is 0.871 bits per heavy atom. The van der Waals surface area contributed by atoms with Crippen LogP contribution < -0.4 is 27.4 Å². The summed E-state index contributed by atoms with van der Waals surface area (Å²) >= 11 is 0. The molecule has 0 aliphatic heterocycles. The molecule has 0 saturated heterocycles. The molecule has 0 heterocycles. The van der Waals surface area contributed by atoms with E-state index >= 15 is 0 Å². The zero-order valence-corrected chi connectivity index (χ0v) is 17.3. The van der Waals surface area contributed by atoms with Crippen LogP contribution in [0.25, 0.3) is 0 Å². The van der Waals surface area contributed by atoms with E-state index < -0.39 is 48.4 Å². The van der Waals surface area contributed by atoms with Crippen LogP contribution in [0.5, 0.6) is 0 Å². The molecule has 172 valence electrons. The van der Waals surface area contributed by atoms with Gasteiger partial charge in [-0.3, -0.25) is 14.4 Å². The van der Waals surface area contributed by atoms with Crippen molar-refractivity contribution in [2.24, 2.45) is 11.5 Å². The second kappa shape index (κ2) is 14.1. The predicted molar refractivity (Wildman–Crippen MR) is 113 cm³/mol. The largest absolute Gasteiger partial charge is 0.480 e. The first kappa shape index (κ1) is 26.0. The number of rotatable bonds is 14. The van der Waals surface area contributed by atoms with Crippen LogP contribution in [0.4, 0.5) is 0 Å². The molecule has 0 aromatic heterocycles. The van der Waals surface area contributed by atoms with E-state index in [1.54, 1.807) is 30.3 Å². The molecule has 0 aliphatic rings. The maximum Gasteiger partial charge on any atom is 0.326 e. The lowest BCUT2D eigenvalue weighted by molar-refractivity contribution is -0.142. The topological polar surface area (TPSA) is 197 Å². The van der Waals surface area contributed by atoms with Crippen LogP contribution in [-0.4, -0.2) is 71.7 Å². The van der Waals surface area contributed by atoms with Crippen LogP contribution in [0, 0.1) is 0 Å². The van der Waals surface area contributed by atoms with Gasteiger partial charge < -0.3 is 37.6 Å². The van der Waals surface area contributed by atoms with Gasteiger partial charge in [-0.1, -0.05) is 30.3 Å². The van der Waals surface area contributed by atoms with Gasteiger partial charge in [0.2, 0.25) is 17.7 Å². The molecule has 0 bridgehead atoms. The summed E-state index contributed by atoms with van der Waals surface area (Å²) < 4.78 is 0. The molecule has 3 unspecified atom stereocenters. The number of nitrogens with one attached hydrogen (secondary N) is 3. The van der Waals surface area contributed by atoms with E-state index in [1.165, 1.54) is 0 Å². The predicted octanol–water partition coefficient (Wildman–Crippen LogP) is -2.15. The molecule has 1 aromatic carbocycles. The maximum absolute atomic E-state index is 12.8. The number of nitrogens with two attached hydrogens (primary N) is 2. The highest BCUT2D eigenvalue weighted by atomic mass is 16.4. The maximum atomic E-state index is 12.8. The van der Waals surface area contributed by atoms with E-state index in [1.807, 2.05) is 0 Å². The molecule has 31 heavy (non-hydrogen) atoms. The standard InChI is InChI=1S/C20H31N5O6/c21-9-5-4-8-14(24-19(29)16(12-26)23-17(27)11-22)18(28)25-15(20(30)31)10-13-6-2-1-3-7-13/h1-3,6-7,14-16,26H,4-5,8-12,21-22H2,(H,23,27)(H,24,29)(H,25,28)(H,30,31). The van der Waals surface area contributed by atoms with Crippen molar-refractivity contribution in [3.8, 4) is 0 Å². The van der Waals surface area contributed by atoms with Crippen molar-refractivity contribution in [3.63, 3.8) is 0 Å². The summed E-state index contributed by atoms with van der Waals surface area (Å²) in [6, 6.07) is 5.24. The van der Waals surface area contributed by atoms with E-state index in [0.29, 0.717) is 19.4 Å². The molecule has 0 aliphatic carbocycles. The Hall–Kier alpha value is -3.02. The Balaban J connectivity index is 2.88. The third kappa shape index (κ3) is 9.55. The zero-order chi connectivity index (χ0) is 23.2. The number of amides is 3. The number of benzene rings is 1. The van der Waals surface area contributed by atoms with Crippen molar-refractivity contribution in [3.05, 3.63) is 35.9 Å². The number of hydrogen-bond acceptors (Lipinski definition) is 7. The number of carbonyl (C=O) groups excluding carboxylic acids is 3. The van der Waals surface area contributed by atoms with Gasteiger partial charge in [-0.2, -0.15) is 0 Å². The Morgan fingerprint density at radius 3 is 2.03 bits per heavy atom. The summed E-state index contributed by atoms with van der Waals surface area (Å²) in [4.78, 5) is 48.3. The Labute approximate surface area is 180 Å². The van der Waals surface area contributed by atoms with Crippen molar-refractivity contribution < 1.29 is 29.4 Å². The fourth-order valence-corrected chi connectivity index (χ4v) is 2.80. The van der Waals surface area contributed by atoms with E-state index in [2.05, 4.69) is 16.0 Å². The molecule has 0 radical (unpaired) electrons. The minimum Gasteiger partial charge on any atom is -0.480 e. The molecule has 11 nitrogen and oxygen atoms in total.